The summed E-state index contributed by atoms with van der Waals surface area (Å²) in [7, 11) is 2.22. The highest BCUT2D eigenvalue weighted by molar-refractivity contribution is 9.10. The lowest BCUT2D eigenvalue weighted by molar-refractivity contribution is 0.163. The summed E-state index contributed by atoms with van der Waals surface area (Å²) in [5.41, 5.74) is 0.872. The van der Waals surface area contributed by atoms with E-state index in [0.717, 1.165) is 54.8 Å². The lowest BCUT2D eigenvalue weighted by atomic mass is 10.0. The summed E-state index contributed by atoms with van der Waals surface area (Å²) < 4.78 is 2.81. The normalized spacial score (nSPS) is 20.4. The molecule has 2 aromatic rings. The highest BCUT2D eigenvalue weighted by atomic mass is 79.9. The van der Waals surface area contributed by atoms with Crippen molar-refractivity contribution >= 4 is 26.8 Å². The number of hydrogen-bond donors (Lipinski definition) is 0. The predicted molar refractivity (Wildman–Crippen MR) is 120 cm³/mol. The number of aromatic nitrogens is 2. The molecule has 0 bridgehead atoms. The fourth-order valence-electron chi connectivity index (χ4n) is 4.37. The molecule has 1 aliphatic rings. The molecule has 1 fully saturated rings. The predicted octanol–water partition coefficient (Wildman–Crippen LogP) is 4.29. The van der Waals surface area contributed by atoms with Crippen LogP contribution < -0.4 is 5.56 Å². The van der Waals surface area contributed by atoms with Gasteiger partial charge in [0.25, 0.3) is 5.56 Å². The first-order valence-electron chi connectivity index (χ1n) is 10.6. The van der Waals surface area contributed by atoms with Crippen LogP contribution in [0.4, 0.5) is 0 Å². The van der Waals surface area contributed by atoms with Crippen molar-refractivity contribution < 1.29 is 0 Å². The molecule has 5 nitrogen and oxygen atoms in total. The van der Waals surface area contributed by atoms with Crippen LogP contribution >= 0.6 is 15.9 Å². The maximum atomic E-state index is 13.2. The minimum atomic E-state index is 0.0730. The molecule has 1 aromatic heterocycles. The summed E-state index contributed by atoms with van der Waals surface area (Å²) in [5, 5.41) is 0.692. The molecule has 0 aliphatic carbocycles. The highest BCUT2D eigenvalue weighted by Gasteiger charge is 2.29. The maximum Gasteiger partial charge on any atom is 0.261 e. The maximum absolute atomic E-state index is 13.2. The zero-order valence-corrected chi connectivity index (χ0v) is 19.2. The van der Waals surface area contributed by atoms with Crippen LogP contribution in [0.25, 0.3) is 10.9 Å². The minimum Gasteiger partial charge on any atom is -0.305 e. The van der Waals surface area contributed by atoms with Crippen molar-refractivity contribution in [2.75, 3.05) is 33.2 Å². The van der Waals surface area contributed by atoms with Gasteiger partial charge >= 0.3 is 0 Å². The zero-order valence-electron chi connectivity index (χ0n) is 17.6. The van der Waals surface area contributed by atoms with E-state index < -0.39 is 0 Å². The van der Waals surface area contributed by atoms with E-state index in [1.807, 2.05) is 29.7 Å². The Morgan fingerprint density at radius 2 is 2.00 bits per heavy atom. The number of rotatable bonds is 6. The van der Waals surface area contributed by atoms with Crippen molar-refractivity contribution in [1.29, 1.82) is 0 Å². The van der Waals surface area contributed by atoms with Crippen molar-refractivity contribution in [3.05, 3.63) is 38.9 Å². The largest absolute Gasteiger partial charge is 0.305 e. The Morgan fingerprint density at radius 3 is 2.68 bits per heavy atom. The van der Waals surface area contributed by atoms with Gasteiger partial charge in [0.15, 0.2) is 0 Å². The third-order valence-electron chi connectivity index (χ3n) is 5.97. The number of nitrogens with zero attached hydrogens (tertiary/aromatic N) is 4. The molecular formula is C22H33BrN4O. The average Bonchev–Trinajstić information content (AvgIpc) is 2.88. The molecule has 0 N–H and O–H groups in total. The van der Waals surface area contributed by atoms with Crippen LogP contribution in [-0.4, -0.2) is 52.6 Å². The van der Waals surface area contributed by atoms with Crippen LogP contribution in [0.5, 0.6) is 0 Å². The average molecular weight is 449 g/mol. The summed E-state index contributed by atoms with van der Waals surface area (Å²) >= 11 is 3.49. The first-order valence-corrected chi connectivity index (χ1v) is 11.4. The molecule has 0 spiro atoms. The molecule has 6 heteroatoms. The molecule has 1 saturated heterocycles. The van der Waals surface area contributed by atoms with Gasteiger partial charge < -0.3 is 4.90 Å². The van der Waals surface area contributed by atoms with E-state index in [-0.39, 0.29) is 11.6 Å². The lowest BCUT2D eigenvalue weighted by Crippen LogP contribution is -2.38. The first kappa shape index (κ1) is 21.5. The summed E-state index contributed by atoms with van der Waals surface area (Å²) in [6, 6.07) is 6.01. The van der Waals surface area contributed by atoms with Crippen LogP contribution in [0.2, 0.25) is 0 Å². The van der Waals surface area contributed by atoms with Gasteiger partial charge in [0.05, 0.1) is 16.9 Å². The van der Waals surface area contributed by atoms with Gasteiger partial charge in [-0.05, 0) is 44.5 Å². The monoisotopic (exact) mass is 448 g/mol. The Bertz CT molecular complexity index is 865. The fourth-order valence-corrected chi connectivity index (χ4v) is 4.73. The Kier molecular flexibility index (Phi) is 7.29. The Balaban J connectivity index is 2.09. The molecule has 1 unspecified atom stereocenters. The number of fused-ring (bicyclic) bond motifs is 1. The van der Waals surface area contributed by atoms with E-state index in [4.69, 9.17) is 4.98 Å². The van der Waals surface area contributed by atoms with E-state index in [0.29, 0.717) is 17.8 Å². The zero-order chi connectivity index (χ0) is 20.3. The van der Waals surface area contributed by atoms with Crippen molar-refractivity contribution in [3.63, 3.8) is 0 Å². The van der Waals surface area contributed by atoms with E-state index in [1.165, 1.54) is 6.42 Å². The van der Waals surface area contributed by atoms with Gasteiger partial charge in [0.1, 0.15) is 5.82 Å². The SMILES string of the molecule is CCCC(c1nc2ccc(Br)cc2c(=O)n1CC)N1CCN(C)C[C@@H](CC)C1. The van der Waals surface area contributed by atoms with Gasteiger partial charge in [-0.25, -0.2) is 4.98 Å². The smallest absolute Gasteiger partial charge is 0.261 e. The van der Waals surface area contributed by atoms with E-state index in [2.05, 4.69) is 46.6 Å². The summed E-state index contributed by atoms with van der Waals surface area (Å²) in [6.07, 6.45) is 3.28. The van der Waals surface area contributed by atoms with Crippen molar-refractivity contribution in [3.8, 4) is 0 Å². The van der Waals surface area contributed by atoms with Gasteiger partial charge in [-0.2, -0.15) is 0 Å². The molecular weight excluding hydrogens is 416 g/mol. The van der Waals surface area contributed by atoms with Crippen LogP contribution in [0.3, 0.4) is 0 Å². The van der Waals surface area contributed by atoms with Crippen LogP contribution in [0, 0.1) is 5.92 Å². The topological polar surface area (TPSA) is 41.4 Å². The number of halogens is 1. The highest BCUT2D eigenvalue weighted by Crippen LogP contribution is 2.28. The van der Waals surface area contributed by atoms with Crippen molar-refractivity contribution in [2.45, 2.75) is 52.6 Å². The van der Waals surface area contributed by atoms with Gasteiger partial charge in [-0.1, -0.05) is 42.6 Å². The molecule has 2 heterocycles. The van der Waals surface area contributed by atoms with Gasteiger partial charge in [-0.15, -0.1) is 0 Å². The van der Waals surface area contributed by atoms with E-state index >= 15 is 0 Å². The summed E-state index contributed by atoms with van der Waals surface area (Å²) in [6.45, 7) is 11.5. The van der Waals surface area contributed by atoms with Gasteiger partial charge in [0.2, 0.25) is 0 Å². The molecule has 1 aliphatic heterocycles. The van der Waals surface area contributed by atoms with Crippen LogP contribution in [0.15, 0.2) is 27.5 Å². The number of likely N-dealkylation sites (N-methyl/N-ethyl adjacent to an activating group) is 1. The molecule has 0 radical (unpaired) electrons. The fraction of sp³-hybridized carbons (Fsp3) is 0.636. The summed E-state index contributed by atoms with van der Waals surface area (Å²) in [5.74, 6) is 1.59. The molecule has 3 rings (SSSR count). The summed E-state index contributed by atoms with van der Waals surface area (Å²) in [4.78, 5) is 23.3. The standard InChI is InChI=1S/C22H33BrN4O/c1-5-8-20(26-12-11-25(4)14-16(6-2)15-26)21-24-19-10-9-17(23)13-18(19)22(28)27(21)7-3/h9-10,13,16,20H,5-8,11-12,14-15H2,1-4H3/t16-,20?/m1/s1. The number of benzene rings is 1. The van der Waals surface area contributed by atoms with Crippen LogP contribution in [0.1, 0.15) is 51.9 Å². The molecule has 0 saturated carbocycles. The number of hydrogen-bond acceptors (Lipinski definition) is 4. The second kappa shape index (κ2) is 9.51. The van der Waals surface area contributed by atoms with E-state index in [1.54, 1.807) is 0 Å². The molecule has 0 amide bonds. The quantitative estimate of drug-likeness (QED) is 0.660. The minimum absolute atomic E-state index is 0.0730. The van der Waals surface area contributed by atoms with E-state index in [9.17, 15) is 4.79 Å². The Hall–Kier alpha value is -1.24. The Labute approximate surface area is 176 Å². The molecule has 1 aromatic carbocycles. The molecule has 2 atom stereocenters. The second-order valence-corrected chi connectivity index (χ2v) is 8.93. The molecule has 28 heavy (non-hydrogen) atoms. The van der Waals surface area contributed by atoms with Gasteiger partial charge in [-0.3, -0.25) is 14.3 Å². The van der Waals surface area contributed by atoms with Crippen molar-refractivity contribution in [1.82, 2.24) is 19.4 Å². The molecule has 154 valence electrons. The lowest BCUT2D eigenvalue weighted by Gasteiger charge is -2.33. The third kappa shape index (κ3) is 4.50. The first-order chi connectivity index (χ1) is 13.5. The third-order valence-corrected chi connectivity index (χ3v) is 6.46. The van der Waals surface area contributed by atoms with Gasteiger partial charge in [0, 0.05) is 37.2 Å². The second-order valence-electron chi connectivity index (χ2n) is 8.02. The Morgan fingerprint density at radius 1 is 1.21 bits per heavy atom. The van der Waals surface area contributed by atoms with Crippen LogP contribution in [-0.2, 0) is 6.54 Å². The van der Waals surface area contributed by atoms with Crippen molar-refractivity contribution in [2.24, 2.45) is 5.92 Å².